The fraction of sp³-hybridized carbons (Fsp3) is 0.158. The van der Waals surface area contributed by atoms with Gasteiger partial charge in [-0.15, -0.1) is 0 Å². The lowest BCUT2D eigenvalue weighted by Gasteiger charge is -2.28. The summed E-state index contributed by atoms with van der Waals surface area (Å²) in [5.41, 5.74) is 20.2. The molecule has 1 heteroatoms. The Balaban J connectivity index is 1.08. The lowest BCUT2D eigenvalue weighted by Crippen LogP contribution is -2.16. The van der Waals surface area contributed by atoms with E-state index in [4.69, 9.17) is 0 Å². The summed E-state index contributed by atoms with van der Waals surface area (Å²) in [7, 11) is 0. The second kappa shape index (κ2) is 15.1. The highest BCUT2D eigenvalue weighted by Crippen LogP contribution is 2.51. The van der Waals surface area contributed by atoms with Crippen LogP contribution in [0.2, 0.25) is 0 Å². The molecule has 0 amide bonds. The second-order valence-electron chi connectivity index (χ2n) is 16.8. The number of hydrogen-bond acceptors (Lipinski definition) is 1. The van der Waals surface area contributed by atoms with Gasteiger partial charge >= 0.3 is 0 Å². The molecule has 2 aliphatic rings. The maximum atomic E-state index is 2.44. The van der Waals surface area contributed by atoms with Crippen LogP contribution in [0.3, 0.4) is 0 Å². The summed E-state index contributed by atoms with van der Waals surface area (Å²) in [5.74, 6) is 0.685. The Bertz CT molecular complexity index is 2640. The monoisotopic (exact) mass is 747 g/mol. The zero-order valence-corrected chi connectivity index (χ0v) is 33.5. The molecular weight excluding hydrogens is 699 g/mol. The number of nitrogens with zero attached hydrogens (tertiary/aromatic N) is 1. The molecule has 0 N–H and O–H groups in total. The van der Waals surface area contributed by atoms with Gasteiger partial charge in [-0.2, -0.15) is 0 Å². The van der Waals surface area contributed by atoms with Crippen LogP contribution in [0.15, 0.2) is 194 Å². The smallest absolute Gasteiger partial charge is 0.0465 e. The largest absolute Gasteiger partial charge is 0.310 e. The number of benzene rings is 8. The summed E-state index contributed by atoms with van der Waals surface area (Å²) >= 11 is 0. The van der Waals surface area contributed by atoms with Gasteiger partial charge in [0.2, 0.25) is 0 Å². The van der Waals surface area contributed by atoms with Gasteiger partial charge in [0.25, 0.3) is 0 Å². The first kappa shape index (κ1) is 35.9. The second-order valence-corrected chi connectivity index (χ2v) is 16.8. The highest BCUT2D eigenvalue weighted by Gasteiger charge is 2.35. The van der Waals surface area contributed by atoms with Crippen LogP contribution < -0.4 is 4.90 Å². The Morgan fingerprint density at radius 1 is 0.379 bits per heavy atom. The molecule has 2 aliphatic carbocycles. The van der Waals surface area contributed by atoms with Gasteiger partial charge < -0.3 is 4.90 Å². The van der Waals surface area contributed by atoms with Crippen molar-refractivity contribution < 1.29 is 0 Å². The van der Waals surface area contributed by atoms with Crippen molar-refractivity contribution in [3.8, 4) is 55.6 Å². The standard InChI is InChI=1S/C57H49N/c1-57(2)54-27-13-12-24-52(54)53-37-36-49(39-55(53)57)58(47-32-28-41(29-33-47)46-23-14-22-45(38-46)40-16-6-3-7-17-40)48-34-30-44(31-35-48)56-50(42-18-8-4-9-19-42)25-15-26-51(56)43-20-10-5-11-21-43/h4-5,8-15,18-40H,3,6-7,16-17H2,1-2H3. The molecule has 1 fully saturated rings. The molecule has 1 saturated carbocycles. The molecule has 8 aromatic carbocycles. The molecule has 0 heterocycles. The van der Waals surface area contributed by atoms with Crippen molar-refractivity contribution in [2.45, 2.75) is 57.3 Å². The first-order valence-corrected chi connectivity index (χ1v) is 21.1. The number of rotatable bonds is 8. The topological polar surface area (TPSA) is 3.24 Å². The van der Waals surface area contributed by atoms with Crippen LogP contribution in [0.5, 0.6) is 0 Å². The van der Waals surface area contributed by atoms with Crippen LogP contribution in [0.4, 0.5) is 17.1 Å². The van der Waals surface area contributed by atoms with Gasteiger partial charge in [-0.05, 0) is 127 Å². The Morgan fingerprint density at radius 2 is 0.897 bits per heavy atom. The molecular formula is C57H49N. The summed E-state index contributed by atoms with van der Waals surface area (Å²) < 4.78 is 0. The molecule has 0 atom stereocenters. The van der Waals surface area contributed by atoms with Crippen LogP contribution in [0.25, 0.3) is 55.6 Å². The number of anilines is 3. The van der Waals surface area contributed by atoms with Gasteiger partial charge in [0.15, 0.2) is 0 Å². The van der Waals surface area contributed by atoms with E-state index in [1.165, 1.54) is 104 Å². The molecule has 0 radical (unpaired) electrons. The van der Waals surface area contributed by atoms with E-state index >= 15 is 0 Å². The average Bonchev–Trinajstić information content (AvgIpc) is 3.53. The lowest BCUT2D eigenvalue weighted by atomic mass is 9.82. The highest BCUT2D eigenvalue weighted by atomic mass is 15.1. The summed E-state index contributed by atoms with van der Waals surface area (Å²) in [6.07, 6.45) is 6.69. The minimum Gasteiger partial charge on any atom is -0.310 e. The summed E-state index contributed by atoms with van der Waals surface area (Å²) in [6.45, 7) is 4.73. The van der Waals surface area contributed by atoms with Crippen LogP contribution in [-0.4, -0.2) is 0 Å². The molecule has 58 heavy (non-hydrogen) atoms. The van der Waals surface area contributed by atoms with Crippen LogP contribution >= 0.6 is 0 Å². The van der Waals surface area contributed by atoms with Crippen molar-refractivity contribution in [2.24, 2.45) is 0 Å². The maximum Gasteiger partial charge on any atom is 0.0465 e. The Morgan fingerprint density at radius 3 is 1.55 bits per heavy atom. The average molecular weight is 748 g/mol. The maximum absolute atomic E-state index is 2.44. The minimum absolute atomic E-state index is 0.0976. The van der Waals surface area contributed by atoms with Crippen LogP contribution in [0, 0.1) is 0 Å². The normalized spacial score (nSPS) is 14.4. The fourth-order valence-corrected chi connectivity index (χ4v) is 9.85. The Kier molecular flexibility index (Phi) is 9.38. The van der Waals surface area contributed by atoms with Gasteiger partial charge in [-0.3, -0.25) is 0 Å². The van der Waals surface area contributed by atoms with Crippen molar-refractivity contribution in [3.63, 3.8) is 0 Å². The van der Waals surface area contributed by atoms with Gasteiger partial charge in [-0.25, -0.2) is 0 Å². The molecule has 0 unspecified atom stereocenters. The quantitative estimate of drug-likeness (QED) is 0.150. The zero-order chi connectivity index (χ0) is 39.1. The van der Waals surface area contributed by atoms with E-state index in [-0.39, 0.29) is 5.41 Å². The third-order valence-electron chi connectivity index (χ3n) is 12.9. The summed E-state index contributed by atoms with van der Waals surface area (Å²) in [4.78, 5) is 2.44. The van der Waals surface area contributed by atoms with E-state index in [1.54, 1.807) is 0 Å². The van der Waals surface area contributed by atoms with E-state index in [2.05, 4.69) is 213 Å². The molecule has 8 aromatic rings. The Labute approximate surface area is 344 Å². The van der Waals surface area contributed by atoms with Crippen molar-refractivity contribution in [2.75, 3.05) is 4.90 Å². The molecule has 282 valence electrons. The van der Waals surface area contributed by atoms with Crippen molar-refractivity contribution in [3.05, 3.63) is 211 Å². The molecule has 0 saturated heterocycles. The Hall–Kier alpha value is -6.44. The molecule has 0 aliphatic heterocycles. The van der Waals surface area contributed by atoms with Gasteiger partial charge in [0.1, 0.15) is 0 Å². The minimum atomic E-state index is -0.0976. The van der Waals surface area contributed by atoms with Crippen molar-refractivity contribution >= 4 is 17.1 Å². The fourth-order valence-electron chi connectivity index (χ4n) is 9.85. The third kappa shape index (κ3) is 6.55. The molecule has 10 rings (SSSR count). The molecule has 0 spiro atoms. The van der Waals surface area contributed by atoms with Gasteiger partial charge in [-0.1, -0.05) is 191 Å². The van der Waals surface area contributed by atoms with E-state index in [9.17, 15) is 0 Å². The zero-order valence-electron chi connectivity index (χ0n) is 33.5. The predicted molar refractivity (Wildman–Crippen MR) is 246 cm³/mol. The first-order valence-electron chi connectivity index (χ1n) is 21.1. The van der Waals surface area contributed by atoms with Crippen LogP contribution in [-0.2, 0) is 5.41 Å². The molecule has 1 nitrogen and oxygen atoms in total. The first-order chi connectivity index (χ1) is 28.5. The van der Waals surface area contributed by atoms with E-state index < -0.39 is 0 Å². The molecule has 0 aromatic heterocycles. The predicted octanol–water partition coefficient (Wildman–Crippen LogP) is 16.2. The number of hydrogen-bond donors (Lipinski definition) is 0. The summed E-state index contributed by atoms with van der Waals surface area (Å²) in [5, 5.41) is 0. The van der Waals surface area contributed by atoms with Gasteiger partial charge in [0, 0.05) is 22.5 Å². The third-order valence-corrected chi connectivity index (χ3v) is 12.9. The van der Waals surface area contributed by atoms with E-state index in [1.807, 2.05) is 0 Å². The van der Waals surface area contributed by atoms with Crippen molar-refractivity contribution in [1.29, 1.82) is 0 Å². The van der Waals surface area contributed by atoms with Crippen molar-refractivity contribution in [1.82, 2.24) is 0 Å². The molecule has 0 bridgehead atoms. The lowest BCUT2D eigenvalue weighted by molar-refractivity contribution is 0.444. The number of fused-ring (bicyclic) bond motifs is 3. The van der Waals surface area contributed by atoms with Crippen LogP contribution in [0.1, 0.15) is 68.6 Å². The van der Waals surface area contributed by atoms with Gasteiger partial charge in [0.05, 0.1) is 0 Å². The van der Waals surface area contributed by atoms with E-state index in [0.717, 1.165) is 17.1 Å². The SMILES string of the molecule is CC1(C)c2ccccc2-c2ccc(N(c3ccc(-c4cccc(C5CCCCC5)c4)cc3)c3ccc(-c4c(-c5ccccc5)cccc4-c4ccccc4)cc3)cc21. The summed E-state index contributed by atoms with van der Waals surface area (Å²) in [6, 6.07) is 72.0. The van der Waals surface area contributed by atoms with E-state index in [0.29, 0.717) is 5.92 Å². The highest BCUT2D eigenvalue weighted by molar-refractivity contribution is 5.95.